The molecular weight excluding hydrogens is 286 g/mol. The minimum Gasteiger partial charge on any atom is -0.494 e. The molecule has 1 aromatic carbocycles. The standard InChI is InChI=1S/C15H21N3O4/c1-2-3-8-22-12-6-4-11(5-7-12)15(21)18-10-14(20)17-9-13(16)19/h4-7H,2-3,8-10H2,1H3,(H2,16,19)(H,17,20)(H,18,21). The number of carbonyl (C=O) groups is 3. The van der Waals surface area contributed by atoms with Gasteiger partial charge in [-0.05, 0) is 30.7 Å². The van der Waals surface area contributed by atoms with Crippen molar-refractivity contribution in [3.8, 4) is 5.75 Å². The molecule has 7 nitrogen and oxygen atoms in total. The van der Waals surface area contributed by atoms with E-state index in [1.165, 1.54) is 0 Å². The molecule has 0 bridgehead atoms. The van der Waals surface area contributed by atoms with Gasteiger partial charge in [0.05, 0.1) is 19.7 Å². The third-order valence-corrected chi connectivity index (χ3v) is 2.75. The van der Waals surface area contributed by atoms with Crippen LogP contribution in [-0.2, 0) is 9.59 Å². The number of rotatable bonds is 9. The Hall–Kier alpha value is -2.57. The monoisotopic (exact) mass is 307 g/mol. The van der Waals surface area contributed by atoms with Crippen LogP contribution in [0.1, 0.15) is 30.1 Å². The van der Waals surface area contributed by atoms with Crippen LogP contribution in [0.3, 0.4) is 0 Å². The van der Waals surface area contributed by atoms with E-state index in [0.29, 0.717) is 17.9 Å². The molecule has 0 aliphatic carbocycles. The molecule has 1 rings (SSSR count). The Morgan fingerprint density at radius 1 is 1.09 bits per heavy atom. The van der Waals surface area contributed by atoms with Crippen molar-refractivity contribution in [2.45, 2.75) is 19.8 Å². The Balaban J connectivity index is 2.39. The molecule has 22 heavy (non-hydrogen) atoms. The summed E-state index contributed by atoms with van der Waals surface area (Å²) < 4.78 is 5.49. The molecule has 0 aliphatic heterocycles. The molecule has 0 saturated heterocycles. The molecule has 4 N–H and O–H groups in total. The number of unbranched alkanes of at least 4 members (excludes halogenated alkanes) is 1. The number of amides is 3. The Bertz CT molecular complexity index is 514. The first-order valence-corrected chi connectivity index (χ1v) is 7.09. The number of ether oxygens (including phenoxy) is 1. The van der Waals surface area contributed by atoms with Gasteiger partial charge in [0.2, 0.25) is 11.8 Å². The van der Waals surface area contributed by atoms with Gasteiger partial charge in [-0.25, -0.2) is 0 Å². The van der Waals surface area contributed by atoms with E-state index in [0.717, 1.165) is 12.8 Å². The van der Waals surface area contributed by atoms with Gasteiger partial charge in [-0.15, -0.1) is 0 Å². The fourth-order valence-corrected chi connectivity index (χ4v) is 1.55. The van der Waals surface area contributed by atoms with Gasteiger partial charge in [0.1, 0.15) is 5.75 Å². The average molecular weight is 307 g/mol. The summed E-state index contributed by atoms with van der Waals surface area (Å²) in [7, 11) is 0. The second-order valence-corrected chi connectivity index (χ2v) is 4.65. The predicted octanol–water partition coefficient (Wildman–Crippen LogP) is 0.197. The van der Waals surface area contributed by atoms with Crippen molar-refractivity contribution >= 4 is 17.7 Å². The summed E-state index contributed by atoms with van der Waals surface area (Å²) in [6.07, 6.45) is 2.03. The summed E-state index contributed by atoms with van der Waals surface area (Å²) in [5, 5.41) is 4.73. The second-order valence-electron chi connectivity index (χ2n) is 4.65. The number of primary amides is 1. The Morgan fingerprint density at radius 3 is 2.36 bits per heavy atom. The number of hydrogen-bond donors (Lipinski definition) is 3. The molecule has 0 aliphatic rings. The van der Waals surface area contributed by atoms with Gasteiger partial charge >= 0.3 is 0 Å². The SMILES string of the molecule is CCCCOc1ccc(C(=O)NCC(=O)NCC(N)=O)cc1. The minimum absolute atomic E-state index is 0.221. The van der Waals surface area contributed by atoms with E-state index in [4.69, 9.17) is 10.5 Å². The summed E-state index contributed by atoms with van der Waals surface area (Å²) in [5.74, 6) is -0.802. The number of nitrogens with one attached hydrogen (secondary N) is 2. The fraction of sp³-hybridized carbons (Fsp3) is 0.400. The van der Waals surface area contributed by atoms with Crippen molar-refractivity contribution in [3.05, 3.63) is 29.8 Å². The quantitative estimate of drug-likeness (QED) is 0.566. The lowest BCUT2D eigenvalue weighted by Crippen LogP contribution is -2.40. The molecule has 3 amide bonds. The average Bonchev–Trinajstić information content (AvgIpc) is 2.51. The summed E-state index contributed by atoms with van der Waals surface area (Å²) in [6, 6.07) is 6.66. The highest BCUT2D eigenvalue weighted by molar-refractivity contribution is 5.96. The van der Waals surface area contributed by atoms with E-state index in [-0.39, 0.29) is 19.0 Å². The van der Waals surface area contributed by atoms with E-state index in [9.17, 15) is 14.4 Å². The van der Waals surface area contributed by atoms with Crippen LogP contribution in [0.25, 0.3) is 0 Å². The second kappa shape index (κ2) is 9.38. The topological polar surface area (TPSA) is 111 Å². The first-order valence-electron chi connectivity index (χ1n) is 7.09. The van der Waals surface area contributed by atoms with Crippen molar-refractivity contribution in [2.24, 2.45) is 5.73 Å². The van der Waals surface area contributed by atoms with Crippen LogP contribution < -0.4 is 21.1 Å². The largest absolute Gasteiger partial charge is 0.494 e. The minimum atomic E-state index is -0.640. The zero-order valence-corrected chi connectivity index (χ0v) is 12.6. The zero-order valence-electron chi connectivity index (χ0n) is 12.6. The number of nitrogens with two attached hydrogens (primary N) is 1. The highest BCUT2D eigenvalue weighted by atomic mass is 16.5. The number of carbonyl (C=O) groups excluding carboxylic acids is 3. The lowest BCUT2D eigenvalue weighted by atomic mass is 10.2. The maximum atomic E-state index is 11.8. The van der Waals surface area contributed by atoms with Crippen LogP contribution in [0.4, 0.5) is 0 Å². The molecule has 0 fully saturated rings. The normalized spacial score (nSPS) is 9.86. The molecular formula is C15H21N3O4. The van der Waals surface area contributed by atoms with Crippen LogP contribution >= 0.6 is 0 Å². The van der Waals surface area contributed by atoms with Crippen LogP contribution in [0, 0.1) is 0 Å². The first kappa shape index (κ1) is 17.5. The van der Waals surface area contributed by atoms with Crippen molar-refractivity contribution in [1.82, 2.24) is 10.6 Å². The van der Waals surface area contributed by atoms with Gasteiger partial charge in [-0.2, -0.15) is 0 Å². The molecule has 120 valence electrons. The number of hydrogen-bond acceptors (Lipinski definition) is 4. The molecule has 7 heteroatoms. The van der Waals surface area contributed by atoms with Gasteiger partial charge in [0.15, 0.2) is 0 Å². The Labute approximate surface area is 129 Å². The van der Waals surface area contributed by atoms with Crippen molar-refractivity contribution in [3.63, 3.8) is 0 Å². The van der Waals surface area contributed by atoms with Gasteiger partial charge in [-0.1, -0.05) is 13.3 Å². The van der Waals surface area contributed by atoms with E-state index in [2.05, 4.69) is 17.6 Å². The molecule has 0 radical (unpaired) electrons. The van der Waals surface area contributed by atoms with Crippen LogP contribution in [-0.4, -0.2) is 37.4 Å². The maximum Gasteiger partial charge on any atom is 0.251 e. The molecule has 0 heterocycles. The molecule has 0 saturated carbocycles. The summed E-state index contributed by atoms with van der Waals surface area (Å²) >= 11 is 0. The summed E-state index contributed by atoms with van der Waals surface area (Å²) in [5.41, 5.74) is 5.31. The third kappa shape index (κ3) is 6.74. The Kier molecular flexibility index (Phi) is 7.45. The van der Waals surface area contributed by atoms with Crippen LogP contribution in [0.2, 0.25) is 0 Å². The van der Waals surface area contributed by atoms with Crippen LogP contribution in [0.15, 0.2) is 24.3 Å². The molecule has 0 unspecified atom stereocenters. The van der Waals surface area contributed by atoms with E-state index in [1.807, 2.05) is 0 Å². The smallest absolute Gasteiger partial charge is 0.251 e. The molecule has 0 spiro atoms. The molecule has 0 atom stereocenters. The van der Waals surface area contributed by atoms with Gasteiger partial charge < -0.3 is 21.1 Å². The summed E-state index contributed by atoms with van der Waals surface area (Å²) in [6.45, 7) is 2.25. The maximum absolute atomic E-state index is 11.8. The van der Waals surface area contributed by atoms with E-state index in [1.54, 1.807) is 24.3 Å². The van der Waals surface area contributed by atoms with Crippen molar-refractivity contribution < 1.29 is 19.1 Å². The van der Waals surface area contributed by atoms with Gasteiger partial charge in [0.25, 0.3) is 5.91 Å². The highest BCUT2D eigenvalue weighted by Crippen LogP contribution is 2.12. The third-order valence-electron chi connectivity index (χ3n) is 2.75. The van der Waals surface area contributed by atoms with Gasteiger partial charge in [0, 0.05) is 5.56 Å². The lowest BCUT2D eigenvalue weighted by molar-refractivity contribution is -0.124. The van der Waals surface area contributed by atoms with E-state index >= 15 is 0 Å². The molecule has 0 aromatic heterocycles. The lowest BCUT2D eigenvalue weighted by Gasteiger charge is -2.07. The predicted molar refractivity (Wildman–Crippen MR) is 81.4 cm³/mol. The first-order chi connectivity index (χ1) is 10.5. The number of benzene rings is 1. The van der Waals surface area contributed by atoms with E-state index < -0.39 is 11.8 Å². The molecule has 1 aromatic rings. The van der Waals surface area contributed by atoms with Crippen molar-refractivity contribution in [2.75, 3.05) is 19.7 Å². The zero-order chi connectivity index (χ0) is 16.4. The fourth-order valence-electron chi connectivity index (χ4n) is 1.55. The van der Waals surface area contributed by atoms with Crippen molar-refractivity contribution in [1.29, 1.82) is 0 Å². The van der Waals surface area contributed by atoms with Crippen LogP contribution in [0.5, 0.6) is 5.75 Å². The summed E-state index contributed by atoms with van der Waals surface area (Å²) in [4.78, 5) is 33.7. The highest BCUT2D eigenvalue weighted by Gasteiger charge is 2.08. The van der Waals surface area contributed by atoms with Gasteiger partial charge in [-0.3, -0.25) is 14.4 Å². The Morgan fingerprint density at radius 2 is 1.77 bits per heavy atom.